The molecule has 0 spiro atoms. The maximum absolute atomic E-state index is 13.4. The summed E-state index contributed by atoms with van der Waals surface area (Å²) in [6.07, 6.45) is -4.24. The van der Waals surface area contributed by atoms with Gasteiger partial charge in [-0.05, 0) is 62.2 Å². The molecule has 1 N–H and O–H groups in total. The first-order chi connectivity index (χ1) is 14.5. The van der Waals surface area contributed by atoms with E-state index >= 15 is 0 Å². The number of nitriles is 1. The number of carbonyl (C=O) groups is 1. The van der Waals surface area contributed by atoms with Crippen molar-refractivity contribution in [1.29, 1.82) is 5.26 Å². The van der Waals surface area contributed by atoms with E-state index in [1.54, 1.807) is 30.0 Å². The highest BCUT2D eigenvalue weighted by molar-refractivity contribution is 6.32. The number of anilines is 1. The number of rotatable bonds is 5. The Morgan fingerprint density at radius 1 is 1.23 bits per heavy atom. The molecule has 1 aliphatic rings. The molecule has 1 unspecified atom stereocenters. The van der Waals surface area contributed by atoms with Crippen LogP contribution < -0.4 is 5.32 Å². The second-order valence-electron chi connectivity index (χ2n) is 8.10. The van der Waals surface area contributed by atoms with Gasteiger partial charge >= 0.3 is 6.18 Å². The first-order valence-corrected chi connectivity index (χ1v) is 10.3. The van der Waals surface area contributed by atoms with Gasteiger partial charge in [0.15, 0.2) is 0 Å². The van der Waals surface area contributed by atoms with Crippen LogP contribution in [0.25, 0.3) is 0 Å². The fourth-order valence-corrected chi connectivity index (χ4v) is 4.18. The summed E-state index contributed by atoms with van der Waals surface area (Å²) in [7, 11) is 0. The SMILES string of the molecule is Cc1ccc(C(F)(F)F)cc1C(Nc1ccc(C#N)c(Cl)c1)[C@H]1CC(=O)N(C(C)C)C1. The molecule has 0 bridgehead atoms. The van der Waals surface area contributed by atoms with Crippen molar-refractivity contribution < 1.29 is 18.0 Å². The molecule has 1 fully saturated rings. The highest BCUT2D eigenvalue weighted by Gasteiger charge is 2.38. The van der Waals surface area contributed by atoms with Crippen molar-refractivity contribution in [1.82, 2.24) is 4.90 Å². The third kappa shape index (κ3) is 4.96. The number of nitrogens with one attached hydrogen (secondary N) is 1. The van der Waals surface area contributed by atoms with Gasteiger partial charge in [-0.3, -0.25) is 4.79 Å². The van der Waals surface area contributed by atoms with Crippen LogP contribution in [0.5, 0.6) is 0 Å². The second kappa shape index (κ2) is 8.80. The first kappa shape index (κ1) is 23.0. The Labute approximate surface area is 184 Å². The van der Waals surface area contributed by atoms with Crippen molar-refractivity contribution in [3.63, 3.8) is 0 Å². The lowest BCUT2D eigenvalue weighted by molar-refractivity contribution is -0.137. The molecule has 1 aliphatic heterocycles. The summed E-state index contributed by atoms with van der Waals surface area (Å²) in [5, 5.41) is 12.6. The van der Waals surface area contributed by atoms with E-state index in [-0.39, 0.29) is 29.3 Å². The molecule has 0 aromatic heterocycles. The van der Waals surface area contributed by atoms with Crippen LogP contribution >= 0.6 is 11.6 Å². The van der Waals surface area contributed by atoms with E-state index in [1.165, 1.54) is 6.07 Å². The smallest absolute Gasteiger partial charge is 0.378 e. The lowest BCUT2D eigenvalue weighted by Gasteiger charge is -2.29. The third-order valence-corrected chi connectivity index (χ3v) is 5.95. The molecule has 8 heteroatoms. The van der Waals surface area contributed by atoms with Crippen molar-refractivity contribution in [3.05, 3.63) is 63.7 Å². The van der Waals surface area contributed by atoms with E-state index in [1.807, 2.05) is 19.9 Å². The first-order valence-electron chi connectivity index (χ1n) is 9.94. The fourth-order valence-electron chi connectivity index (χ4n) is 3.96. The molecule has 0 saturated carbocycles. The molecule has 1 saturated heterocycles. The molecular weight excluding hydrogens is 427 g/mol. The van der Waals surface area contributed by atoms with Gasteiger partial charge in [-0.1, -0.05) is 17.7 Å². The number of carbonyl (C=O) groups excluding carboxylic acids is 1. The summed E-state index contributed by atoms with van der Waals surface area (Å²) >= 11 is 6.15. The Morgan fingerprint density at radius 3 is 2.48 bits per heavy atom. The quantitative estimate of drug-likeness (QED) is 0.613. The largest absolute Gasteiger partial charge is 0.416 e. The van der Waals surface area contributed by atoms with Gasteiger partial charge in [-0.15, -0.1) is 0 Å². The maximum atomic E-state index is 13.4. The monoisotopic (exact) mass is 449 g/mol. The number of amides is 1. The normalized spacial score (nSPS) is 17.7. The average molecular weight is 450 g/mol. The van der Waals surface area contributed by atoms with E-state index in [2.05, 4.69) is 5.32 Å². The molecule has 3 rings (SSSR count). The number of hydrogen-bond acceptors (Lipinski definition) is 3. The highest BCUT2D eigenvalue weighted by Crippen LogP contribution is 2.39. The highest BCUT2D eigenvalue weighted by atomic mass is 35.5. The Hall–Kier alpha value is -2.72. The van der Waals surface area contributed by atoms with E-state index in [4.69, 9.17) is 16.9 Å². The standard InChI is InChI=1S/C23H23ClF3N3O/c1-13(2)30-12-16(8-21(30)31)22(29-18-7-5-15(11-28)20(24)10-18)19-9-17(23(25,26)27)6-4-14(19)3/h4-7,9-10,13,16,22,29H,8,12H2,1-3H3/t16-,22?/m0/s1. The zero-order valence-electron chi connectivity index (χ0n) is 17.4. The number of hydrogen-bond donors (Lipinski definition) is 1. The van der Waals surface area contributed by atoms with Crippen LogP contribution in [0, 0.1) is 24.2 Å². The minimum Gasteiger partial charge on any atom is -0.378 e. The van der Waals surface area contributed by atoms with Crippen molar-refractivity contribution in [2.24, 2.45) is 5.92 Å². The lowest BCUT2D eigenvalue weighted by atomic mass is 9.88. The van der Waals surface area contributed by atoms with Crippen LogP contribution in [0.15, 0.2) is 36.4 Å². The molecule has 0 aliphatic carbocycles. The summed E-state index contributed by atoms with van der Waals surface area (Å²) in [4.78, 5) is 14.3. The van der Waals surface area contributed by atoms with E-state index in [9.17, 15) is 18.0 Å². The predicted molar refractivity (Wildman–Crippen MR) is 114 cm³/mol. The minimum absolute atomic E-state index is 0.00473. The lowest BCUT2D eigenvalue weighted by Crippen LogP contribution is -2.33. The number of nitrogens with zero attached hydrogens (tertiary/aromatic N) is 2. The van der Waals surface area contributed by atoms with E-state index in [0.29, 0.717) is 28.9 Å². The van der Waals surface area contributed by atoms with Gasteiger partial charge < -0.3 is 10.2 Å². The topological polar surface area (TPSA) is 56.1 Å². The summed E-state index contributed by atoms with van der Waals surface area (Å²) in [5.74, 6) is -0.249. The average Bonchev–Trinajstić information content (AvgIpc) is 3.07. The number of halogens is 4. The van der Waals surface area contributed by atoms with Gasteiger partial charge in [0.2, 0.25) is 5.91 Å². The molecule has 2 aromatic rings. The summed E-state index contributed by atoms with van der Waals surface area (Å²) in [6, 6.07) is 9.91. The molecule has 164 valence electrons. The van der Waals surface area contributed by atoms with Crippen LogP contribution in [-0.2, 0) is 11.0 Å². The van der Waals surface area contributed by atoms with Crippen LogP contribution in [0.2, 0.25) is 5.02 Å². The molecule has 4 nitrogen and oxygen atoms in total. The minimum atomic E-state index is -4.47. The van der Waals surface area contributed by atoms with Crippen molar-refractivity contribution in [2.45, 2.75) is 45.5 Å². The molecule has 31 heavy (non-hydrogen) atoms. The van der Waals surface area contributed by atoms with Crippen LogP contribution in [0.4, 0.5) is 18.9 Å². The van der Waals surface area contributed by atoms with Gasteiger partial charge in [0.25, 0.3) is 0 Å². The van der Waals surface area contributed by atoms with Gasteiger partial charge in [-0.2, -0.15) is 18.4 Å². The van der Waals surface area contributed by atoms with Crippen molar-refractivity contribution >= 4 is 23.2 Å². The molecule has 2 atom stereocenters. The predicted octanol–water partition coefficient (Wildman–Crippen LogP) is 5.95. The number of alkyl halides is 3. The van der Waals surface area contributed by atoms with Crippen LogP contribution in [0.3, 0.4) is 0 Å². The van der Waals surface area contributed by atoms with Crippen molar-refractivity contribution in [3.8, 4) is 6.07 Å². The van der Waals surface area contributed by atoms with Gasteiger partial charge in [0, 0.05) is 30.6 Å². The fraction of sp³-hybridized carbons (Fsp3) is 0.391. The Kier molecular flexibility index (Phi) is 6.51. The maximum Gasteiger partial charge on any atom is 0.416 e. The zero-order chi connectivity index (χ0) is 22.9. The second-order valence-corrected chi connectivity index (χ2v) is 8.51. The van der Waals surface area contributed by atoms with Gasteiger partial charge in [0.05, 0.1) is 22.2 Å². The number of likely N-dealkylation sites (tertiary alicyclic amines) is 1. The van der Waals surface area contributed by atoms with Crippen LogP contribution in [-0.4, -0.2) is 23.4 Å². The molecular formula is C23H23ClF3N3O. The van der Waals surface area contributed by atoms with Gasteiger partial charge in [0.1, 0.15) is 6.07 Å². The van der Waals surface area contributed by atoms with Gasteiger partial charge in [-0.25, -0.2) is 0 Å². The summed E-state index contributed by atoms with van der Waals surface area (Å²) in [5.41, 5.74) is 1.32. The van der Waals surface area contributed by atoms with E-state index < -0.39 is 17.8 Å². The molecule has 1 amide bonds. The molecule has 1 heterocycles. The molecule has 0 radical (unpaired) electrons. The Bertz CT molecular complexity index is 1030. The number of aryl methyl sites for hydroxylation is 1. The number of benzene rings is 2. The Balaban J connectivity index is 2.04. The Morgan fingerprint density at radius 2 is 1.94 bits per heavy atom. The third-order valence-electron chi connectivity index (χ3n) is 5.64. The van der Waals surface area contributed by atoms with E-state index in [0.717, 1.165) is 12.1 Å². The van der Waals surface area contributed by atoms with Crippen LogP contribution in [0.1, 0.15) is 48.6 Å². The summed E-state index contributed by atoms with van der Waals surface area (Å²) in [6.45, 7) is 6.03. The zero-order valence-corrected chi connectivity index (χ0v) is 18.2. The molecule has 2 aromatic carbocycles. The summed E-state index contributed by atoms with van der Waals surface area (Å²) < 4.78 is 40.2. The van der Waals surface area contributed by atoms with Crippen molar-refractivity contribution in [2.75, 3.05) is 11.9 Å².